The van der Waals surface area contributed by atoms with Gasteiger partial charge in [-0.1, -0.05) is 32.9 Å². The van der Waals surface area contributed by atoms with E-state index >= 15 is 0 Å². The van der Waals surface area contributed by atoms with Gasteiger partial charge in [0.1, 0.15) is 35.7 Å². The molecule has 4 aromatic rings. The summed E-state index contributed by atoms with van der Waals surface area (Å²) in [5.41, 5.74) is 1.90. The lowest BCUT2D eigenvalue weighted by atomic mass is 9.86. The maximum atomic E-state index is 13.0. The standard InChI is InChI=1S/C26H24O7/c1-15-5-9-19(26(2,3)4)22(11-15)33-23-14-31-21-12-16(6-8-18(21)24(23)27)30-13-17-7-10-20(32-17)25(28)29/h5-12,14H,13H2,1-4H3,(H,28,29). The van der Waals surface area contributed by atoms with E-state index in [1.807, 2.05) is 25.1 Å². The minimum absolute atomic E-state index is 0.0349. The largest absolute Gasteiger partial charge is 0.486 e. The van der Waals surface area contributed by atoms with E-state index < -0.39 is 5.97 Å². The minimum atomic E-state index is -1.15. The van der Waals surface area contributed by atoms with Crippen molar-refractivity contribution in [3.8, 4) is 17.2 Å². The molecule has 0 saturated heterocycles. The molecule has 7 heteroatoms. The van der Waals surface area contributed by atoms with Crippen molar-refractivity contribution in [1.29, 1.82) is 0 Å². The van der Waals surface area contributed by atoms with Crippen molar-refractivity contribution in [3.05, 3.63) is 87.7 Å². The van der Waals surface area contributed by atoms with Crippen LogP contribution in [0, 0.1) is 6.92 Å². The Kier molecular flexibility index (Phi) is 5.72. The van der Waals surface area contributed by atoms with Crippen LogP contribution >= 0.6 is 0 Å². The zero-order valence-corrected chi connectivity index (χ0v) is 18.8. The number of aryl methyl sites for hydroxylation is 1. The zero-order chi connectivity index (χ0) is 23.8. The minimum Gasteiger partial charge on any atom is -0.486 e. The Morgan fingerprint density at radius 1 is 1.03 bits per heavy atom. The first-order valence-corrected chi connectivity index (χ1v) is 10.4. The second-order valence-corrected chi connectivity index (χ2v) is 8.80. The third kappa shape index (κ3) is 4.77. The molecular weight excluding hydrogens is 424 g/mol. The van der Waals surface area contributed by atoms with Crippen molar-refractivity contribution in [2.75, 3.05) is 0 Å². The number of furan rings is 1. The lowest BCUT2D eigenvalue weighted by Gasteiger charge is -2.23. The monoisotopic (exact) mass is 448 g/mol. The van der Waals surface area contributed by atoms with Crippen molar-refractivity contribution in [1.82, 2.24) is 0 Å². The fraction of sp³-hybridized carbons (Fsp3) is 0.231. The van der Waals surface area contributed by atoms with Crippen LogP contribution in [0.2, 0.25) is 0 Å². The molecule has 2 heterocycles. The van der Waals surface area contributed by atoms with Crippen LogP contribution in [-0.2, 0) is 12.0 Å². The summed E-state index contributed by atoms with van der Waals surface area (Å²) in [4.78, 5) is 23.9. The molecule has 0 fully saturated rings. The molecular formula is C26H24O7. The van der Waals surface area contributed by atoms with Crippen LogP contribution in [0.5, 0.6) is 17.2 Å². The van der Waals surface area contributed by atoms with E-state index in [2.05, 4.69) is 20.8 Å². The van der Waals surface area contributed by atoms with Gasteiger partial charge in [0.25, 0.3) is 0 Å². The Bertz CT molecular complexity index is 1390. The van der Waals surface area contributed by atoms with Crippen LogP contribution < -0.4 is 14.9 Å². The lowest BCUT2D eigenvalue weighted by Crippen LogP contribution is -2.14. The number of hydrogen-bond donors (Lipinski definition) is 1. The number of carboxylic acid groups (broad SMARTS) is 1. The van der Waals surface area contributed by atoms with Gasteiger partial charge in [0.15, 0.2) is 0 Å². The number of benzene rings is 2. The van der Waals surface area contributed by atoms with Crippen molar-refractivity contribution >= 4 is 16.9 Å². The summed E-state index contributed by atoms with van der Waals surface area (Å²) in [6, 6.07) is 13.7. The molecule has 0 aliphatic carbocycles. The second kappa shape index (κ2) is 8.50. The SMILES string of the molecule is Cc1ccc(C(C)(C)C)c(Oc2coc3cc(OCc4ccc(C(=O)O)o4)ccc3c2=O)c1. The molecule has 0 spiro atoms. The second-order valence-electron chi connectivity index (χ2n) is 8.80. The molecule has 0 aliphatic rings. The van der Waals surface area contributed by atoms with Crippen LogP contribution in [0.25, 0.3) is 11.0 Å². The summed E-state index contributed by atoms with van der Waals surface area (Å²) in [5, 5.41) is 9.28. The molecule has 0 atom stereocenters. The molecule has 1 N–H and O–H groups in total. The zero-order valence-electron chi connectivity index (χ0n) is 18.8. The van der Waals surface area contributed by atoms with Gasteiger partial charge in [-0.15, -0.1) is 0 Å². The number of rotatable bonds is 6. The smallest absolute Gasteiger partial charge is 0.371 e. The Morgan fingerprint density at radius 2 is 1.82 bits per heavy atom. The topological polar surface area (TPSA) is 99.1 Å². The first-order chi connectivity index (χ1) is 15.6. The van der Waals surface area contributed by atoms with Crippen LogP contribution in [0.1, 0.15) is 48.2 Å². The van der Waals surface area contributed by atoms with Gasteiger partial charge >= 0.3 is 5.97 Å². The predicted molar refractivity (Wildman–Crippen MR) is 122 cm³/mol. The fourth-order valence-electron chi connectivity index (χ4n) is 3.43. The normalized spacial score (nSPS) is 11.5. The molecule has 4 rings (SSSR count). The van der Waals surface area contributed by atoms with Gasteiger partial charge in [0.05, 0.1) is 5.39 Å². The maximum Gasteiger partial charge on any atom is 0.371 e. The fourth-order valence-corrected chi connectivity index (χ4v) is 3.43. The van der Waals surface area contributed by atoms with Gasteiger partial charge in [-0.3, -0.25) is 4.79 Å². The molecule has 33 heavy (non-hydrogen) atoms. The molecule has 2 aromatic heterocycles. The van der Waals surface area contributed by atoms with E-state index in [4.69, 9.17) is 23.4 Å². The van der Waals surface area contributed by atoms with E-state index in [0.29, 0.717) is 28.2 Å². The number of fused-ring (bicyclic) bond motifs is 1. The average molecular weight is 448 g/mol. The van der Waals surface area contributed by atoms with Crippen LogP contribution in [0.3, 0.4) is 0 Å². The number of ether oxygens (including phenoxy) is 2. The van der Waals surface area contributed by atoms with Crippen molar-refractivity contribution in [2.24, 2.45) is 0 Å². The summed E-state index contributed by atoms with van der Waals surface area (Å²) >= 11 is 0. The highest BCUT2D eigenvalue weighted by Gasteiger charge is 2.21. The molecule has 0 saturated carbocycles. The molecule has 0 radical (unpaired) electrons. The first kappa shape index (κ1) is 22.2. The third-order valence-electron chi connectivity index (χ3n) is 5.13. The highest BCUT2D eigenvalue weighted by atomic mass is 16.5. The summed E-state index contributed by atoms with van der Waals surface area (Å²) < 4.78 is 22.5. The van der Waals surface area contributed by atoms with E-state index in [1.54, 1.807) is 18.2 Å². The Balaban J connectivity index is 1.58. The lowest BCUT2D eigenvalue weighted by molar-refractivity contribution is 0.0658. The van der Waals surface area contributed by atoms with Gasteiger partial charge in [-0.2, -0.15) is 0 Å². The van der Waals surface area contributed by atoms with Gasteiger partial charge in [-0.05, 0) is 48.2 Å². The summed E-state index contributed by atoms with van der Waals surface area (Å²) in [6.45, 7) is 8.25. The highest BCUT2D eigenvalue weighted by Crippen LogP contribution is 2.34. The summed E-state index contributed by atoms with van der Waals surface area (Å²) in [7, 11) is 0. The van der Waals surface area contributed by atoms with E-state index in [9.17, 15) is 9.59 Å². The molecule has 0 amide bonds. The van der Waals surface area contributed by atoms with Gasteiger partial charge in [0, 0.05) is 11.6 Å². The van der Waals surface area contributed by atoms with Crippen molar-refractivity contribution < 1.29 is 28.2 Å². The number of carboxylic acids is 1. The van der Waals surface area contributed by atoms with Gasteiger partial charge in [0.2, 0.25) is 16.9 Å². The Hall–Kier alpha value is -4.00. The van der Waals surface area contributed by atoms with Crippen LogP contribution in [-0.4, -0.2) is 11.1 Å². The number of aromatic carboxylic acids is 1. The van der Waals surface area contributed by atoms with E-state index in [-0.39, 0.29) is 29.0 Å². The van der Waals surface area contributed by atoms with Gasteiger partial charge < -0.3 is 23.4 Å². The van der Waals surface area contributed by atoms with Gasteiger partial charge in [-0.25, -0.2) is 4.79 Å². The van der Waals surface area contributed by atoms with Crippen LogP contribution in [0.4, 0.5) is 0 Å². The predicted octanol–water partition coefficient (Wildman–Crippen LogP) is 6.06. The Labute approximate surface area is 190 Å². The average Bonchev–Trinajstić information content (AvgIpc) is 3.23. The molecule has 170 valence electrons. The van der Waals surface area contributed by atoms with E-state index in [1.165, 1.54) is 18.4 Å². The van der Waals surface area contributed by atoms with Crippen molar-refractivity contribution in [2.45, 2.75) is 39.7 Å². The quantitative estimate of drug-likeness (QED) is 0.383. The molecule has 7 nitrogen and oxygen atoms in total. The summed E-state index contributed by atoms with van der Waals surface area (Å²) in [5.74, 6) is 0.227. The van der Waals surface area contributed by atoms with E-state index in [0.717, 1.165) is 11.1 Å². The third-order valence-corrected chi connectivity index (χ3v) is 5.13. The molecule has 2 aromatic carbocycles. The Morgan fingerprint density at radius 3 is 2.52 bits per heavy atom. The molecule has 0 aliphatic heterocycles. The van der Waals surface area contributed by atoms with Crippen molar-refractivity contribution in [3.63, 3.8) is 0 Å². The molecule has 0 unspecified atom stereocenters. The first-order valence-electron chi connectivity index (χ1n) is 10.4. The molecule has 0 bridgehead atoms. The number of carbonyl (C=O) groups is 1. The number of hydrogen-bond acceptors (Lipinski definition) is 6. The highest BCUT2D eigenvalue weighted by molar-refractivity contribution is 5.84. The van der Waals surface area contributed by atoms with Crippen LogP contribution in [0.15, 0.2) is 68.4 Å². The maximum absolute atomic E-state index is 13.0. The summed E-state index contributed by atoms with van der Waals surface area (Å²) in [6.07, 6.45) is 1.30.